The molecule has 0 aliphatic carbocycles. The van der Waals surface area contributed by atoms with Gasteiger partial charge in [-0.05, 0) is 35.9 Å². The van der Waals surface area contributed by atoms with Crippen LogP contribution in [0.25, 0.3) is 6.08 Å². The number of esters is 1. The summed E-state index contributed by atoms with van der Waals surface area (Å²) in [7, 11) is 0. The largest absolute Gasteiger partial charge is 0.402 e. The zero-order valence-corrected chi connectivity index (χ0v) is 12.8. The first-order chi connectivity index (χ1) is 10.9. The van der Waals surface area contributed by atoms with Gasteiger partial charge in [-0.2, -0.15) is 0 Å². The van der Waals surface area contributed by atoms with Gasteiger partial charge in [0.25, 0.3) is 0 Å². The quantitative estimate of drug-likeness (QED) is 0.449. The van der Waals surface area contributed by atoms with E-state index in [4.69, 9.17) is 27.9 Å². The van der Waals surface area contributed by atoms with E-state index in [-0.39, 0.29) is 22.2 Å². The molecule has 0 saturated carbocycles. The van der Waals surface area contributed by atoms with E-state index in [9.17, 15) is 13.6 Å². The van der Waals surface area contributed by atoms with E-state index in [1.165, 1.54) is 6.08 Å². The monoisotopic (exact) mass is 353 g/mol. The first-order valence-corrected chi connectivity index (χ1v) is 7.12. The Bertz CT molecular complexity index is 878. The maximum Gasteiger partial charge on any atom is 0.363 e. The van der Waals surface area contributed by atoms with Crippen molar-refractivity contribution < 1.29 is 18.3 Å². The van der Waals surface area contributed by atoms with E-state index in [2.05, 4.69) is 4.99 Å². The Labute approximate surface area is 139 Å². The van der Waals surface area contributed by atoms with E-state index >= 15 is 0 Å². The molecule has 0 saturated heterocycles. The van der Waals surface area contributed by atoms with Crippen molar-refractivity contribution in [3.05, 3.63) is 74.9 Å². The smallest absolute Gasteiger partial charge is 0.363 e. The normalized spacial score (nSPS) is 15.7. The second-order valence-electron chi connectivity index (χ2n) is 4.64. The van der Waals surface area contributed by atoms with Crippen molar-refractivity contribution in [2.75, 3.05) is 0 Å². The van der Waals surface area contributed by atoms with Gasteiger partial charge in [-0.15, -0.1) is 0 Å². The predicted octanol–water partition coefficient (Wildman–Crippen LogP) is 4.62. The number of carbonyl (C=O) groups excluding carboxylic acids is 1. The Morgan fingerprint density at radius 2 is 1.83 bits per heavy atom. The Hall–Kier alpha value is -2.24. The highest BCUT2D eigenvalue weighted by atomic mass is 35.5. The van der Waals surface area contributed by atoms with Crippen LogP contribution in [0, 0.1) is 11.6 Å². The molecule has 1 aliphatic rings. The molecule has 0 bridgehead atoms. The minimum Gasteiger partial charge on any atom is -0.402 e. The van der Waals surface area contributed by atoms with Gasteiger partial charge >= 0.3 is 5.97 Å². The van der Waals surface area contributed by atoms with Gasteiger partial charge in [0.2, 0.25) is 5.90 Å². The molecule has 23 heavy (non-hydrogen) atoms. The molecule has 1 heterocycles. The van der Waals surface area contributed by atoms with Crippen LogP contribution in [0.4, 0.5) is 8.78 Å². The highest BCUT2D eigenvalue weighted by Gasteiger charge is 2.26. The van der Waals surface area contributed by atoms with Crippen molar-refractivity contribution in [1.29, 1.82) is 0 Å². The van der Waals surface area contributed by atoms with Crippen molar-refractivity contribution in [2.45, 2.75) is 0 Å². The van der Waals surface area contributed by atoms with E-state index in [0.29, 0.717) is 10.6 Å². The maximum absolute atomic E-state index is 13.3. The molecule has 3 nitrogen and oxygen atoms in total. The molecule has 0 N–H and O–H groups in total. The molecular formula is C16H7Cl2F2NO2. The number of benzene rings is 2. The summed E-state index contributed by atoms with van der Waals surface area (Å²) in [5, 5.41) is 0.387. The molecule has 2 aromatic carbocycles. The molecule has 7 heteroatoms. The number of ether oxygens (including phenoxy) is 1. The van der Waals surface area contributed by atoms with Gasteiger partial charge in [0.1, 0.15) is 0 Å². The van der Waals surface area contributed by atoms with Crippen LogP contribution in [0.1, 0.15) is 11.1 Å². The third-order valence-electron chi connectivity index (χ3n) is 3.01. The summed E-state index contributed by atoms with van der Waals surface area (Å²) in [6.07, 6.45) is 1.47. The zero-order valence-electron chi connectivity index (χ0n) is 11.3. The number of carbonyl (C=O) groups is 1. The number of nitrogens with zero attached hydrogens (tertiary/aromatic N) is 1. The summed E-state index contributed by atoms with van der Waals surface area (Å²) >= 11 is 11.7. The number of aliphatic imine (C=N–C) groups is 1. The molecule has 0 aromatic heterocycles. The first-order valence-electron chi connectivity index (χ1n) is 6.37. The minimum absolute atomic E-state index is 0.00284. The maximum atomic E-state index is 13.3. The lowest BCUT2D eigenvalue weighted by molar-refractivity contribution is -0.129. The van der Waals surface area contributed by atoms with Crippen molar-refractivity contribution >= 4 is 41.1 Å². The van der Waals surface area contributed by atoms with E-state index in [0.717, 1.165) is 12.1 Å². The third kappa shape index (κ3) is 3.25. The minimum atomic E-state index is -1.12. The molecule has 0 spiro atoms. The second kappa shape index (κ2) is 6.10. The Kier molecular flexibility index (Phi) is 4.15. The average Bonchev–Trinajstić information content (AvgIpc) is 2.84. The third-order valence-corrected chi connectivity index (χ3v) is 3.56. The Morgan fingerprint density at radius 3 is 2.57 bits per heavy atom. The van der Waals surface area contributed by atoms with Crippen molar-refractivity contribution in [3.8, 4) is 0 Å². The van der Waals surface area contributed by atoms with E-state index in [1.54, 1.807) is 24.3 Å². The number of halogens is 4. The van der Waals surface area contributed by atoms with Crippen LogP contribution in [-0.4, -0.2) is 11.9 Å². The van der Waals surface area contributed by atoms with Gasteiger partial charge < -0.3 is 4.74 Å². The average molecular weight is 354 g/mol. The molecule has 0 unspecified atom stereocenters. The molecule has 0 amide bonds. The highest BCUT2D eigenvalue weighted by molar-refractivity contribution is 6.34. The van der Waals surface area contributed by atoms with Crippen LogP contribution >= 0.6 is 23.2 Å². The lowest BCUT2D eigenvalue weighted by atomic mass is 10.2. The lowest BCUT2D eigenvalue weighted by Crippen LogP contribution is -2.07. The van der Waals surface area contributed by atoms with Gasteiger partial charge in [0.05, 0.1) is 10.6 Å². The van der Waals surface area contributed by atoms with Gasteiger partial charge in [-0.25, -0.2) is 18.6 Å². The number of hydrogen-bond acceptors (Lipinski definition) is 3. The van der Waals surface area contributed by atoms with Crippen LogP contribution in [-0.2, 0) is 9.53 Å². The van der Waals surface area contributed by atoms with Gasteiger partial charge in [-0.1, -0.05) is 35.3 Å². The Balaban J connectivity index is 2.00. The predicted molar refractivity (Wildman–Crippen MR) is 83.4 cm³/mol. The molecule has 2 aromatic rings. The summed E-state index contributed by atoms with van der Waals surface area (Å²) in [5.41, 5.74) is 0.641. The number of rotatable bonds is 2. The molecule has 116 valence electrons. The van der Waals surface area contributed by atoms with Gasteiger partial charge in [0.15, 0.2) is 17.3 Å². The fraction of sp³-hybridized carbons (Fsp3) is 0. The van der Waals surface area contributed by atoms with Crippen LogP contribution < -0.4 is 0 Å². The van der Waals surface area contributed by atoms with Crippen molar-refractivity contribution in [1.82, 2.24) is 0 Å². The van der Waals surface area contributed by atoms with Crippen molar-refractivity contribution in [3.63, 3.8) is 0 Å². The SMILES string of the molecule is O=C1OC(c2cc(F)c(F)cc2Cl)=N/C1=C/c1cccc(Cl)c1. The van der Waals surface area contributed by atoms with Gasteiger partial charge in [-0.3, -0.25) is 0 Å². The molecule has 0 fully saturated rings. The van der Waals surface area contributed by atoms with Crippen LogP contribution in [0.5, 0.6) is 0 Å². The lowest BCUT2D eigenvalue weighted by Gasteiger charge is -2.03. The number of hydrogen-bond donors (Lipinski definition) is 0. The fourth-order valence-electron chi connectivity index (χ4n) is 1.97. The van der Waals surface area contributed by atoms with Crippen LogP contribution in [0.15, 0.2) is 47.1 Å². The van der Waals surface area contributed by atoms with Crippen LogP contribution in [0.2, 0.25) is 10.0 Å². The van der Waals surface area contributed by atoms with Crippen molar-refractivity contribution in [2.24, 2.45) is 4.99 Å². The molecule has 0 radical (unpaired) electrons. The summed E-state index contributed by atoms with van der Waals surface area (Å²) in [6.45, 7) is 0. The number of cyclic esters (lactones) is 1. The first kappa shape index (κ1) is 15.6. The molecule has 3 rings (SSSR count). The topological polar surface area (TPSA) is 38.7 Å². The highest BCUT2D eigenvalue weighted by Crippen LogP contribution is 2.26. The zero-order chi connectivity index (χ0) is 16.6. The van der Waals surface area contributed by atoms with Gasteiger partial charge in [0, 0.05) is 5.02 Å². The Morgan fingerprint density at radius 1 is 1.09 bits per heavy atom. The second-order valence-corrected chi connectivity index (χ2v) is 5.48. The molecule has 1 aliphatic heterocycles. The summed E-state index contributed by atoms with van der Waals surface area (Å²) in [6, 6.07) is 8.38. The summed E-state index contributed by atoms with van der Waals surface area (Å²) < 4.78 is 31.4. The summed E-state index contributed by atoms with van der Waals surface area (Å²) in [5.74, 6) is -3.12. The molecule has 0 atom stereocenters. The fourth-order valence-corrected chi connectivity index (χ4v) is 2.39. The van der Waals surface area contributed by atoms with Crippen LogP contribution in [0.3, 0.4) is 0 Å². The standard InChI is InChI=1S/C16H7Cl2F2NO2/c17-9-3-1-2-8(4-9)5-14-16(22)23-15(21-14)10-6-12(19)13(20)7-11(10)18/h1-7H/b14-5+. The molecular weight excluding hydrogens is 347 g/mol. The van der Waals surface area contributed by atoms with E-state index in [1.807, 2.05) is 0 Å². The summed E-state index contributed by atoms with van der Waals surface area (Å²) in [4.78, 5) is 15.8. The van der Waals surface area contributed by atoms with E-state index < -0.39 is 17.6 Å².